The molecule has 0 fully saturated rings. The predicted octanol–water partition coefficient (Wildman–Crippen LogP) is 1.66. The van der Waals surface area contributed by atoms with Gasteiger partial charge >= 0.3 is 0 Å². The maximum absolute atomic E-state index is 12.8. The number of halogens is 1. The van der Waals surface area contributed by atoms with Gasteiger partial charge in [0.05, 0.1) is 6.33 Å². The number of hydrogen-bond donors (Lipinski definition) is 2. The van der Waals surface area contributed by atoms with Crippen molar-refractivity contribution in [1.29, 1.82) is 0 Å². The smallest absolute Gasteiger partial charge is 0.163 e. The van der Waals surface area contributed by atoms with E-state index in [-0.39, 0.29) is 5.82 Å². The van der Waals surface area contributed by atoms with Gasteiger partial charge in [0.25, 0.3) is 0 Å². The Hall–Kier alpha value is -2.50. The maximum atomic E-state index is 12.8. The zero-order valence-corrected chi connectivity index (χ0v) is 9.39. The van der Waals surface area contributed by atoms with Crippen molar-refractivity contribution >= 4 is 17.0 Å². The molecule has 0 unspecified atom stereocenters. The highest BCUT2D eigenvalue weighted by Gasteiger charge is 2.07. The van der Waals surface area contributed by atoms with Gasteiger partial charge in [-0.25, -0.2) is 19.3 Å². The van der Waals surface area contributed by atoms with E-state index in [1.54, 1.807) is 12.1 Å². The number of anilines is 1. The molecule has 0 aliphatic carbocycles. The summed E-state index contributed by atoms with van der Waals surface area (Å²) >= 11 is 0. The molecule has 6 heteroatoms. The molecule has 0 radical (unpaired) electrons. The first kappa shape index (κ1) is 10.6. The van der Waals surface area contributed by atoms with Gasteiger partial charge in [0.2, 0.25) is 0 Å². The van der Waals surface area contributed by atoms with Gasteiger partial charge in [-0.3, -0.25) is 0 Å². The zero-order valence-electron chi connectivity index (χ0n) is 9.39. The molecule has 2 heterocycles. The summed E-state index contributed by atoms with van der Waals surface area (Å²) in [4.78, 5) is 15.4. The topological polar surface area (TPSA) is 80.5 Å². The number of hydrogen-bond acceptors (Lipinski definition) is 4. The number of H-pyrrole nitrogens is 1. The van der Waals surface area contributed by atoms with Crippen LogP contribution in [-0.2, 0) is 6.42 Å². The van der Waals surface area contributed by atoms with E-state index in [2.05, 4.69) is 19.9 Å². The fourth-order valence-electron chi connectivity index (χ4n) is 1.77. The van der Waals surface area contributed by atoms with Crippen LogP contribution < -0.4 is 5.73 Å². The second-order valence-corrected chi connectivity index (χ2v) is 3.93. The second-order valence-electron chi connectivity index (χ2n) is 3.93. The van der Waals surface area contributed by atoms with Crippen LogP contribution in [0.2, 0.25) is 0 Å². The Morgan fingerprint density at radius 3 is 2.72 bits per heavy atom. The van der Waals surface area contributed by atoms with E-state index in [0.29, 0.717) is 29.2 Å². The summed E-state index contributed by atoms with van der Waals surface area (Å²) in [6, 6.07) is 6.22. The number of aromatic nitrogens is 4. The number of rotatable bonds is 2. The lowest BCUT2D eigenvalue weighted by molar-refractivity contribution is 0.627. The molecule has 0 saturated heterocycles. The third-order valence-corrected chi connectivity index (χ3v) is 2.63. The van der Waals surface area contributed by atoms with Gasteiger partial charge in [-0.2, -0.15) is 0 Å². The summed E-state index contributed by atoms with van der Waals surface area (Å²) in [6.45, 7) is 0. The minimum absolute atomic E-state index is 0.261. The first-order valence-corrected chi connectivity index (χ1v) is 5.42. The molecule has 1 aromatic carbocycles. The SMILES string of the molecule is Nc1nc(Cc2ccc(F)cc2)nc2[nH]cnc12. The summed E-state index contributed by atoms with van der Waals surface area (Å²) < 4.78 is 12.8. The van der Waals surface area contributed by atoms with Gasteiger partial charge in [0, 0.05) is 6.42 Å². The number of aromatic amines is 1. The number of imidazole rings is 1. The molecule has 3 aromatic rings. The van der Waals surface area contributed by atoms with Crippen LogP contribution in [0.4, 0.5) is 10.2 Å². The van der Waals surface area contributed by atoms with Crippen LogP contribution in [0.1, 0.15) is 11.4 Å². The van der Waals surface area contributed by atoms with Crippen molar-refractivity contribution in [1.82, 2.24) is 19.9 Å². The highest BCUT2D eigenvalue weighted by atomic mass is 19.1. The molecular formula is C12H10FN5. The van der Waals surface area contributed by atoms with Gasteiger partial charge in [-0.05, 0) is 17.7 Å². The number of benzene rings is 1. The van der Waals surface area contributed by atoms with Gasteiger partial charge in [-0.15, -0.1) is 0 Å². The van der Waals surface area contributed by atoms with E-state index in [9.17, 15) is 4.39 Å². The Labute approximate surface area is 102 Å². The van der Waals surface area contributed by atoms with Crippen LogP contribution in [0.15, 0.2) is 30.6 Å². The van der Waals surface area contributed by atoms with Crippen molar-refractivity contribution in [3.05, 3.63) is 47.8 Å². The van der Waals surface area contributed by atoms with E-state index < -0.39 is 0 Å². The molecule has 90 valence electrons. The predicted molar refractivity (Wildman–Crippen MR) is 65.3 cm³/mol. The Morgan fingerprint density at radius 2 is 1.94 bits per heavy atom. The van der Waals surface area contributed by atoms with Gasteiger partial charge in [0.15, 0.2) is 11.5 Å². The van der Waals surface area contributed by atoms with E-state index >= 15 is 0 Å². The molecule has 18 heavy (non-hydrogen) atoms. The van der Waals surface area contributed by atoms with E-state index in [4.69, 9.17) is 5.73 Å². The zero-order chi connectivity index (χ0) is 12.5. The van der Waals surface area contributed by atoms with E-state index in [0.717, 1.165) is 5.56 Å². The molecule has 3 rings (SSSR count). The molecule has 0 bridgehead atoms. The van der Waals surface area contributed by atoms with Crippen molar-refractivity contribution in [2.75, 3.05) is 5.73 Å². The molecule has 0 amide bonds. The summed E-state index contributed by atoms with van der Waals surface area (Å²) in [6.07, 6.45) is 2.02. The molecule has 5 nitrogen and oxygen atoms in total. The van der Waals surface area contributed by atoms with Crippen LogP contribution in [0.3, 0.4) is 0 Å². The fourth-order valence-corrected chi connectivity index (χ4v) is 1.77. The minimum Gasteiger partial charge on any atom is -0.382 e. The number of fused-ring (bicyclic) bond motifs is 1. The first-order valence-electron chi connectivity index (χ1n) is 5.42. The van der Waals surface area contributed by atoms with Crippen LogP contribution in [-0.4, -0.2) is 19.9 Å². The normalized spacial score (nSPS) is 10.9. The monoisotopic (exact) mass is 243 g/mol. The Morgan fingerprint density at radius 1 is 1.17 bits per heavy atom. The largest absolute Gasteiger partial charge is 0.382 e. The molecule has 0 spiro atoms. The van der Waals surface area contributed by atoms with Crippen LogP contribution in [0.25, 0.3) is 11.2 Å². The second kappa shape index (κ2) is 4.06. The average Bonchev–Trinajstić information content (AvgIpc) is 2.81. The lowest BCUT2D eigenvalue weighted by atomic mass is 10.1. The molecule has 0 saturated carbocycles. The summed E-state index contributed by atoms with van der Waals surface area (Å²) in [5, 5.41) is 0. The summed E-state index contributed by atoms with van der Waals surface area (Å²) in [7, 11) is 0. The Bertz CT molecular complexity index is 689. The Kier molecular flexibility index (Phi) is 2.40. The molecule has 0 aliphatic heterocycles. The summed E-state index contributed by atoms with van der Waals surface area (Å²) in [5.74, 6) is 0.664. The lowest BCUT2D eigenvalue weighted by Crippen LogP contribution is -2.01. The molecule has 3 N–H and O–H groups in total. The van der Waals surface area contributed by atoms with Gasteiger partial charge < -0.3 is 10.7 Å². The average molecular weight is 243 g/mol. The van der Waals surface area contributed by atoms with Crippen LogP contribution in [0, 0.1) is 5.82 Å². The third-order valence-electron chi connectivity index (χ3n) is 2.63. The number of nitrogens with two attached hydrogens (primary N) is 1. The summed E-state index contributed by atoms with van der Waals surface area (Å²) in [5.41, 5.74) is 7.89. The van der Waals surface area contributed by atoms with E-state index in [1.807, 2.05) is 0 Å². The fraction of sp³-hybridized carbons (Fsp3) is 0.0833. The highest BCUT2D eigenvalue weighted by molar-refractivity contribution is 5.80. The number of nitrogens with one attached hydrogen (secondary N) is 1. The van der Waals surface area contributed by atoms with Crippen molar-refractivity contribution in [3.63, 3.8) is 0 Å². The quantitative estimate of drug-likeness (QED) is 0.717. The van der Waals surface area contributed by atoms with Crippen LogP contribution in [0.5, 0.6) is 0 Å². The van der Waals surface area contributed by atoms with Crippen molar-refractivity contribution in [2.45, 2.75) is 6.42 Å². The molecular weight excluding hydrogens is 233 g/mol. The van der Waals surface area contributed by atoms with Gasteiger partial charge in [-0.1, -0.05) is 12.1 Å². The maximum Gasteiger partial charge on any atom is 0.163 e. The molecule has 0 aliphatic rings. The molecule has 0 atom stereocenters. The van der Waals surface area contributed by atoms with Crippen molar-refractivity contribution < 1.29 is 4.39 Å². The highest BCUT2D eigenvalue weighted by Crippen LogP contribution is 2.15. The first-order chi connectivity index (χ1) is 8.72. The third kappa shape index (κ3) is 1.88. The van der Waals surface area contributed by atoms with E-state index in [1.165, 1.54) is 18.5 Å². The minimum atomic E-state index is -0.261. The molecule has 2 aromatic heterocycles. The Balaban J connectivity index is 1.97. The standard InChI is InChI=1S/C12H10FN5/c13-8-3-1-7(2-4-8)5-9-17-11(14)10-12(18-9)16-6-15-10/h1-4,6H,5H2,(H3,14,15,16,17,18). The number of nitrogen functional groups attached to an aromatic ring is 1. The lowest BCUT2D eigenvalue weighted by Gasteiger charge is -2.02. The van der Waals surface area contributed by atoms with Crippen molar-refractivity contribution in [3.8, 4) is 0 Å². The van der Waals surface area contributed by atoms with Crippen molar-refractivity contribution in [2.24, 2.45) is 0 Å². The van der Waals surface area contributed by atoms with Gasteiger partial charge in [0.1, 0.15) is 17.2 Å². The number of nitrogens with zero attached hydrogens (tertiary/aromatic N) is 3. The van der Waals surface area contributed by atoms with Crippen LogP contribution >= 0.6 is 0 Å².